The van der Waals surface area contributed by atoms with Gasteiger partial charge >= 0.3 is 11.7 Å². The smallest absolute Gasteiger partial charge is 0.335 e. The lowest BCUT2D eigenvalue weighted by molar-refractivity contribution is -0.203. The Morgan fingerprint density at radius 1 is 1.12 bits per heavy atom. The largest absolute Gasteiger partial charge is 0.431 e. The van der Waals surface area contributed by atoms with Crippen molar-refractivity contribution in [3.63, 3.8) is 0 Å². The number of carbonyl (C=O) groups is 2. The summed E-state index contributed by atoms with van der Waals surface area (Å²) in [4.78, 5) is 40.4. The topological polar surface area (TPSA) is 115 Å². The maximum absolute atomic E-state index is 13.0. The van der Waals surface area contributed by atoms with E-state index in [0.717, 1.165) is 69.9 Å². The molecule has 4 aliphatic carbocycles. The molecule has 4 saturated carbocycles. The minimum absolute atomic E-state index is 0.0497. The maximum Gasteiger partial charge on any atom is 0.335 e. The number of nitrogens with zero attached hydrogens (tertiary/aromatic N) is 2. The summed E-state index contributed by atoms with van der Waals surface area (Å²) in [5.41, 5.74) is -0.0319. The summed E-state index contributed by atoms with van der Waals surface area (Å²) in [5.74, 6) is 1.62. The highest BCUT2D eigenvalue weighted by molar-refractivity contribution is 5.79. The highest BCUT2D eigenvalue weighted by Crippen LogP contribution is 2.70. The van der Waals surface area contributed by atoms with E-state index in [1.165, 1.54) is 6.07 Å². The summed E-state index contributed by atoms with van der Waals surface area (Å²) in [5, 5.41) is 18.6. The van der Waals surface area contributed by atoms with Crippen molar-refractivity contribution >= 4 is 11.9 Å². The fourth-order valence-corrected chi connectivity index (χ4v) is 10.1. The summed E-state index contributed by atoms with van der Waals surface area (Å²) in [6, 6.07) is 3.57. The molecule has 0 spiro atoms. The molecule has 9 heteroatoms. The molecule has 0 unspecified atom stereocenters. The van der Waals surface area contributed by atoms with Gasteiger partial charge < -0.3 is 30.0 Å². The summed E-state index contributed by atoms with van der Waals surface area (Å²) < 4.78 is 5.23. The Kier molecular flexibility index (Phi) is 7.50. The Bertz CT molecular complexity index is 1200. The fourth-order valence-electron chi connectivity index (χ4n) is 10.1. The Balaban J connectivity index is 1.09. The Hall–Kier alpha value is -2.39. The zero-order valence-corrected chi connectivity index (χ0v) is 25.0. The average molecular weight is 569 g/mol. The van der Waals surface area contributed by atoms with Crippen molar-refractivity contribution in [3.05, 3.63) is 34.4 Å². The van der Waals surface area contributed by atoms with Gasteiger partial charge in [-0.25, -0.2) is 9.59 Å². The molecule has 1 aromatic heterocycles. The quantitative estimate of drug-likeness (QED) is 0.502. The molecule has 2 heterocycles. The summed E-state index contributed by atoms with van der Waals surface area (Å²) in [7, 11) is 1.92. The molecule has 3 amide bonds. The van der Waals surface area contributed by atoms with Crippen LogP contribution in [0.4, 0.5) is 4.79 Å². The lowest BCUT2D eigenvalue weighted by Crippen LogP contribution is -2.62. The maximum atomic E-state index is 13.0. The number of aliphatic hydroxyl groups is 1. The molecule has 5 fully saturated rings. The Morgan fingerprint density at radius 3 is 2.71 bits per heavy atom. The van der Waals surface area contributed by atoms with Gasteiger partial charge in [0, 0.05) is 50.7 Å². The first-order chi connectivity index (χ1) is 19.6. The minimum atomic E-state index is -0.704. The monoisotopic (exact) mass is 568 g/mol. The number of amides is 3. The molecule has 41 heavy (non-hydrogen) atoms. The van der Waals surface area contributed by atoms with Crippen LogP contribution in [0.5, 0.6) is 0 Å². The van der Waals surface area contributed by atoms with Crippen LogP contribution in [0.2, 0.25) is 0 Å². The summed E-state index contributed by atoms with van der Waals surface area (Å²) in [6.07, 6.45) is 10.7. The van der Waals surface area contributed by atoms with E-state index in [1.807, 2.05) is 22.9 Å². The van der Waals surface area contributed by atoms with Crippen LogP contribution in [0.1, 0.15) is 83.1 Å². The first-order valence-electron chi connectivity index (χ1n) is 15.9. The number of fused-ring (bicyclic) bond motifs is 5. The number of carbonyl (C=O) groups excluding carboxylic acids is 2. The van der Waals surface area contributed by atoms with Gasteiger partial charge in [0.15, 0.2) is 0 Å². The van der Waals surface area contributed by atoms with E-state index >= 15 is 0 Å². The number of hydrogen-bond donors (Lipinski definition) is 3. The standard InChI is InChI=1S/C32H48N4O5/c1-30-11-8-23(35(3)29(39)34-15-17-36-16-14-33-19-27(36)37)18-22(30)5-6-26-25(30)9-12-31(2)24(10-13-32(26,31)40)21-4-7-28(38)41-20-21/h4,7,20,22-26,33,40H,5-6,8-19H2,1-3H3,(H,34,39)/t22-,23+,24-,25+,26-,30+,31-,32+/m1/s1. The first-order valence-corrected chi connectivity index (χ1v) is 15.9. The predicted molar refractivity (Wildman–Crippen MR) is 155 cm³/mol. The number of piperazine rings is 1. The van der Waals surface area contributed by atoms with Crippen LogP contribution in [0.25, 0.3) is 0 Å². The third-order valence-corrected chi connectivity index (χ3v) is 12.7. The number of nitrogens with one attached hydrogen (secondary N) is 2. The SMILES string of the molecule is CN(C(=O)NCCN1CCNCC1=O)[C@H]1CC[C@@]2(C)[C@H](CC[C@@H]3[C@@H]2CC[C@]2(C)[C@@H](c4ccc(=O)oc4)CC[C@]32O)C1. The minimum Gasteiger partial charge on any atom is -0.431 e. The molecule has 1 aliphatic heterocycles. The van der Waals surface area contributed by atoms with E-state index in [9.17, 15) is 19.5 Å². The highest BCUT2D eigenvalue weighted by Gasteiger charge is 2.67. The number of urea groups is 1. The van der Waals surface area contributed by atoms with Gasteiger partial charge in [-0.3, -0.25) is 4.79 Å². The second kappa shape index (κ2) is 10.7. The summed E-state index contributed by atoms with van der Waals surface area (Å²) >= 11 is 0. The van der Waals surface area contributed by atoms with Crippen molar-refractivity contribution in [2.75, 3.05) is 39.8 Å². The van der Waals surface area contributed by atoms with E-state index in [1.54, 1.807) is 6.26 Å². The molecule has 8 atom stereocenters. The van der Waals surface area contributed by atoms with Crippen LogP contribution >= 0.6 is 0 Å². The molecule has 9 nitrogen and oxygen atoms in total. The molecule has 3 N–H and O–H groups in total. The van der Waals surface area contributed by atoms with Gasteiger partial charge in [0.05, 0.1) is 18.4 Å². The van der Waals surface area contributed by atoms with Gasteiger partial charge in [-0.1, -0.05) is 13.8 Å². The fraction of sp³-hybridized carbons (Fsp3) is 0.781. The zero-order valence-electron chi connectivity index (χ0n) is 25.0. The van der Waals surface area contributed by atoms with E-state index in [0.29, 0.717) is 38.0 Å². The van der Waals surface area contributed by atoms with Gasteiger partial charge in [0.1, 0.15) is 0 Å². The second-order valence-corrected chi connectivity index (χ2v) is 14.2. The highest BCUT2D eigenvalue weighted by atomic mass is 16.4. The molecule has 6 rings (SSSR count). The van der Waals surface area contributed by atoms with Crippen LogP contribution < -0.4 is 16.3 Å². The third kappa shape index (κ3) is 4.71. The van der Waals surface area contributed by atoms with Crippen LogP contribution in [-0.4, -0.2) is 78.3 Å². The van der Waals surface area contributed by atoms with Crippen molar-refractivity contribution in [1.82, 2.24) is 20.4 Å². The van der Waals surface area contributed by atoms with Gasteiger partial charge in [-0.15, -0.1) is 0 Å². The van der Waals surface area contributed by atoms with E-state index in [4.69, 9.17) is 4.42 Å². The molecular weight excluding hydrogens is 520 g/mol. The molecule has 5 aliphatic rings. The average Bonchev–Trinajstić information content (AvgIpc) is 3.24. The zero-order chi connectivity index (χ0) is 29.0. The van der Waals surface area contributed by atoms with E-state index in [-0.39, 0.29) is 46.3 Å². The molecule has 0 radical (unpaired) electrons. The normalized spacial score (nSPS) is 40.3. The molecule has 0 aromatic carbocycles. The number of rotatable bonds is 5. The molecular formula is C32H48N4O5. The van der Waals surface area contributed by atoms with Crippen LogP contribution in [0.3, 0.4) is 0 Å². The Labute approximate surface area is 243 Å². The van der Waals surface area contributed by atoms with Crippen molar-refractivity contribution in [1.29, 1.82) is 0 Å². The summed E-state index contributed by atoms with van der Waals surface area (Å²) in [6.45, 7) is 7.64. The van der Waals surface area contributed by atoms with Crippen molar-refractivity contribution in [3.8, 4) is 0 Å². The third-order valence-electron chi connectivity index (χ3n) is 12.7. The Morgan fingerprint density at radius 2 is 1.95 bits per heavy atom. The molecule has 0 bridgehead atoms. The lowest BCUT2D eigenvalue weighted by Gasteiger charge is -2.64. The molecule has 1 aromatic rings. The van der Waals surface area contributed by atoms with Crippen LogP contribution in [-0.2, 0) is 4.79 Å². The van der Waals surface area contributed by atoms with Gasteiger partial charge in [-0.2, -0.15) is 0 Å². The van der Waals surface area contributed by atoms with Crippen molar-refractivity contribution in [2.24, 2.45) is 28.6 Å². The molecule has 226 valence electrons. The van der Waals surface area contributed by atoms with Gasteiger partial charge in [0.25, 0.3) is 0 Å². The van der Waals surface area contributed by atoms with Gasteiger partial charge in [0.2, 0.25) is 5.91 Å². The lowest BCUT2D eigenvalue weighted by atomic mass is 9.43. The van der Waals surface area contributed by atoms with E-state index in [2.05, 4.69) is 24.5 Å². The van der Waals surface area contributed by atoms with Gasteiger partial charge in [-0.05, 0) is 98.5 Å². The second-order valence-electron chi connectivity index (χ2n) is 14.2. The number of hydrogen-bond acceptors (Lipinski definition) is 6. The predicted octanol–water partition coefficient (Wildman–Crippen LogP) is 3.32. The van der Waals surface area contributed by atoms with Crippen LogP contribution in [0, 0.1) is 28.6 Å². The first kappa shape index (κ1) is 28.7. The van der Waals surface area contributed by atoms with Crippen molar-refractivity contribution in [2.45, 2.75) is 89.2 Å². The van der Waals surface area contributed by atoms with E-state index < -0.39 is 5.60 Å². The van der Waals surface area contributed by atoms with Crippen LogP contribution in [0.15, 0.2) is 27.6 Å². The van der Waals surface area contributed by atoms with Crippen molar-refractivity contribution < 1.29 is 19.1 Å². The molecule has 1 saturated heterocycles.